The maximum absolute atomic E-state index is 12.6. The van der Waals surface area contributed by atoms with E-state index in [1.54, 1.807) is 12.1 Å². The van der Waals surface area contributed by atoms with E-state index in [1.807, 2.05) is 24.3 Å². The van der Waals surface area contributed by atoms with E-state index in [2.05, 4.69) is 10.2 Å². The predicted octanol–water partition coefficient (Wildman–Crippen LogP) is 3.66. The molecule has 7 nitrogen and oxygen atoms in total. The summed E-state index contributed by atoms with van der Waals surface area (Å²) in [4.78, 5) is 27.5. The van der Waals surface area contributed by atoms with Crippen LogP contribution in [0.4, 0.5) is 11.4 Å². The highest BCUT2D eigenvalue weighted by Crippen LogP contribution is 2.29. The number of rotatable bonds is 5. The van der Waals surface area contributed by atoms with Gasteiger partial charge >= 0.3 is 0 Å². The van der Waals surface area contributed by atoms with Crippen LogP contribution in [-0.2, 0) is 0 Å². The number of fused-ring (bicyclic) bond motifs is 1. The maximum Gasteiger partial charge on any atom is 0.291 e. The van der Waals surface area contributed by atoms with Crippen molar-refractivity contribution in [3.8, 4) is 11.5 Å². The Morgan fingerprint density at radius 1 is 1.03 bits per heavy atom. The lowest BCUT2D eigenvalue weighted by atomic mass is 10.2. The third kappa shape index (κ3) is 3.76. The van der Waals surface area contributed by atoms with Gasteiger partial charge in [0.1, 0.15) is 22.5 Å². The number of methoxy groups -OCH3 is 2. The summed E-state index contributed by atoms with van der Waals surface area (Å²) in [5, 5.41) is 3.04. The number of carbonyl (C=O) groups is 1. The molecule has 1 fully saturated rings. The van der Waals surface area contributed by atoms with Crippen molar-refractivity contribution >= 4 is 28.3 Å². The molecule has 29 heavy (non-hydrogen) atoms. The summed E-state index contributed by atoms with van der Waals surface area (Å²) in [6.45, 7) is 2.11. The van der Waals surface area contributed by atoms with E-state index < -0.39 is 5.91 Å². The molecule has 0 bridgehead atoms. The number of benzene rings is 2. The Bertz CT molecular complexity index is 1100. The lowest BCUT2D eigenvalue weighted by Crippen LogP contribution is -2.18. The van der Waals surface area contributed by atoms with Crippen molar-refractivity contribution < 1.29 is 18.7 Å². The topological polar surface area (TPSA) is 81.0 Å². The second-order valence-corrected chi connectivity index (χ2v) is 6.87. The Labute approximate surface area is 167 Å². The zero-order chi connectivity index (χ0) is 20.4. The van der Waals surface area contributed by atoms with E-state index in [4.69, 9.17) is 13.9 Å². The third-order valence-corrected chi connectivity index (χ3v) is 5.04. The standard InChI is InChI=1S/C22H22N2O5/c1-27-16-11-18(28-2)21-17(25)13-20(29-19(21)12-16)22(26)23-14-5-7-15(8-6-14)24-9-3-4-10-24/h5-8,11-13H,3-4,9-10H2,1-2H3,(H,23,26). The van der Waals surface area contributed by atoms with Gasteiger partial charge in [-0.3, -0.25) is 9.59 Å². The minimum Gasteiger partial charge on any atom is -0.496 e. The minimum absolute atomic E-state index is 0.0820. The van der Waals surface area contributed by atoms with Crippen LogP contribution in [0.25, 0.3) is 11.0 Å². The molecule has 4 rings (SSSR count). The van der Waals surface area contributed by atoms with Gasteiger partial charge in [0.2, 0.25) is 0 Å². The smallest absolute Gasteiger partial charge is 0.291 e. The summed E-state index contributed by atoms with van der Waals surface area (Å²) >= 11 is 0. The van der Waals surface area contributed by atoms with Gasteiger partial charge in [0, 0.05) is 42.7 Å². The molecule has 3 aromatic rings. The van der Waals surface area contributed by atoms with Crippen LogP contribution in [0.15, 0.2) is 51.7 Å². The number of ether oxygens (including phenoxy) is 2. The molecule has 0 atom stereocenters. The van der Waals surface area contributed by atoms with E-state index in [9.17, 15) is 9.59 Å². The second kappa shape index (κ2) is 7.87. The first-order chi connectivity index (χ1) is 14.1. The van der Waals surface area contributed by atoms with Crippen molar-refractivity contribution in [2.45, 2.75) is 12.8 Å². The fourth-order valence-corrected chi connectivity index (χ4v) is 3.54. The fraction of sp³-hybridized carbons (Fsp3) is 0.273. The number of nitrogens with zero attached hydrogens (tertiary/aromatic N) is 1. The number of carbonyl (C=O) groups excluding carboxylic acids is 1. The van der Waals surface area contributed by atoms with Gasteiger partial charge in [0.15, 0.2) is 11.2 Å². The zero-order valence-corrected chi connectivity index (χ0v) is 16.4. The van der Waals surface area contributed by atoms with Gasteiger partial charge in [-0.25, -0.2) is 0 Å². The Morgan fingerprint density at radius 3 is 2.41 bits per heavy atom. The summed E-state index contributed by atoms with van der Waals surface area (Å²) in [5.74, 6) is 0.214. The molecule has 0 radical (unpaired) electrons. The van der Waals surface area contributed by atoms with Crippen LogP contribution in [0.1, 0.15) is 23.4 Å². The van der Waals surface area contributed by atoms with Gasteiger partial charge in [-0.05, 0) is 37.1 Å². The quantitative estimate of drug-likeness (QED) is 0.711. The predicted molar refractivity (Wildman–Crippen MR) is 111 cm³/mol. The van der Waals surface area contributed by atoms with Crippen molar-refractivity contribution in [1.29, 1.82) is 0 Å². The molecule has 0 aliphatic carbocycles. The number of amides is 1. The summed E-state index contributed by atoms with van der Waals surface area (Å²) < 4.78 is 16.1. The molecule has 1 N–H and O–H groups in total. The average Bonchev–Trinajstić information content (AvgIpc) is 3.28. The van der Waals surface area contributed by atoms with Crippen molar-refractivity contribution in [3.05, 3.63) is 58.4 Å². The molecule has 150 valence electrons. The molecule has 0 spiro atoms. The number of nitrogens with one attached hydrogen (secondary N) is 1. The average molecular weight is 394 g/mol. The Morgan fingerprint density at radius 2 is 1.76 bits per heavy atom. The van der Waals surface area contributed by atoms with Crippen LogP contribution in [0.5, 0.6) is 11.5 Å². The highest BCUT2D eigenvalue weighted by atomic mass is 16.5. The number of hydrogen-bond donors (Lipinski definition) is 1. The van der Waals surface area contributed by atoms with Gasteiger partial charge < -0.3 is 24.1 Å². The molecule has 1 aliphatic heterocycles. The first kappa shape index (κ1) is 18.9. The molecular weight excluding hydrogens is 372 g/mol. The van der Waals surface area contributed by atoms with Crippen LogP contribution in [0.3, 0.4) is 0 Å². The van der Waals surface area contributed by atoms with Crippen molar-refractivity contribution in [3.63, 3.8) is 0 Å². The number of hydrogen-bond acceptors (Lipinski definition) is 6. The summed E-state index contributed by atoms with van der Waals surface area (Å²) in [6.07, 6.45) is 2.41. The van der Waals surface area contributed by atoms with E-state index in [1.165, 1.54) is 33.1 Å². The zero-order valence-electron chi connectivity index (χ0n) is 16.4. The highest BCUT2D eigenvalue weighted by molar-refractivity contribution is 6.03. The van der Waals surface area contributed by atoms with Gasteiger partial charge in [-0.1, -0.05) is 0 Å². The Balaban J connectivity index is 1.60. The Hall–Kier alpha value is -3.48. The van der Waals surface area contributed by atoms with Gasteiger partial charge in [-0.15, -0.1) is 0 Å². The normalized spacial score (nSPS) is 13.5. The lowest BCUT2D eigenvalue weighted by molar-refractivity contribution is 0.0997. The first-order valence-electron chi connectivity index (χ1n) is 9.45. The molecule has 2 heterocycles. The van der Waals surface area contributed by atoms with Crippen molar-refractivity contribution in [2.75, 3.05) is 37.5 Å². The molecule has 0 unspecified atom stereocenters. The molecule has 2 aromatic carbocycles. The van der Waals surface area contributed by atoms with E-state index in [0.29, 0.717) is 17.2 Å². The van der Waals surface area contributed by atoms with E-state index in [0.717, 1.165) is 18.8 Å². The highest BCUT2D eigenvalue weighted by Gasteiger charge is 2.17. The first-order valence-corrected chi connectivity index (χ1v) is 9.45. The maximum atomic E-state index is 12.6. The number of anilines is 2. The molecule has 1 amide bonds. The molecule has 1 saturated heterocycles. The molecule has 1 aliphatic rings. The molecule has 7 heteroatoms. The molecular formula is C22H22N2O5. The van der Waals surface area contributed by atoms with E-state index >= 15 is 0 Å². The van der Waals surface area contributed by atoms with Crippen LogP contribution in [0.2, 0.25) is 0 Å². The van der Waals surface area contributed by atoms with Gasteiger partial charge in [-0.2, -0.15) is 0 Å². The largest absolute Gasteiger partial charge is 0.496 e. The van der Waals surface area contributed by atoms with Crippen LogP contribution >= 0.6 is 0 Å². The Kier molecular flexibility index (Phi) is 5.12. The fourth-order valence-electron chi connectivity index (χ4n) is 3.54. The monoisotopic (exact) mass is 394 g/mol. The van der Waals surface area contributed by atoms with Crippen molar-refractivity contribution in [2.24, 2.45) is 0 Å². The summed E-state index contributed by atoms with van der Waals surface area (Å²) in [5.41, 5.74) is 1.63. The molecule has 0 saturated carbocycles. The summed E-state index contributed by atoms with van der Waals surface area (Å²) in [6, 6.07) is 12.0. The summed E-state index contributed by atoms with van der Waals surface area (Å²) in [7, 11) is 2.96. The van der Waals surface area contributed by atoms with Crippen LogP contribution < -0.4 is 25.1 Å². The van der Waals surface area contributed by atoms with Gasteiger partial charge in [0.05, 0.1) is 14.2 Å². The van der Waals surface area contributed by atoms with Crippen LogP contribution in [-0.4, -0.2) is 33.2 Å². The van der Waals surface area contributed by atoms with Crippen LogP contribution in [0, 0.1) is 0 Å². The van der Waals surface area contributed by atoms with E-state index in [-0.39, 0.29) is 22.2 Å². The lowest BCUT2D eigenvalue weighted by Gasteiger charge is -2.17. The minimum atomic E-state index is -0.500. The second-order valence-electron chi connectivity index (χ2n) is 6.87. The molecule has 1 aromatic heterocycles. The van der Waals surface area contributed by atoms with Crippen molar-refractivity contribution in [1.82, 2.24) is 0 Å². The third-order valence-electron chi connectivity index (χ3n) is 5.04. The van der Waals surface area contributed by atoms with Gasteiger partial charge in [0.25, 0.3) is 5.91 Å². The SMILES string of the molecule is COc1cc(OC)c2c(=O)cc(C(=O)Nc3ccc(N4CCCC4)cc3)oc2c1.